The second-order valence-electron chi connectivity index (χ2n) is 7.25. The van der Waals surface area contributed by atoms with Crippen LogP contribution in [0.1, 0.15) is 28.9 Å². The third-order valence-electron chi connectivity index (χ3n) is 5.10. The van der Waals surface area contributed by atoms with Gasteiger partial charge in [-0.2, -0.15) is 0 Å². The first-order valence-electron chi connectivity index (χ1n) is 9.70. The van der Waals surface area contributed by atoms with Gasteiger partial charge in [0, 0.05) is 37.7 Å². The number of aryl methyl sites for hydroxylation is 1. The van der Waals surface area contributed by atoms with Gasteiger partial charge in [-0.25, -0.2) is 13.4 Å². The molecule has 0 fully saturated rings. The number of amides is 2. The summed E-state index contributed by atoms with van der Waals surface area (Å²) in [5.74, 6) is -0.575. The van der Waals surface area contributed by atoms with Gasteiger partial charge in [-0.1, -0.05) is 24.3 Å². The summed E-state index contributed by atoms with van der Waals surface area (Å²) in [5, 5.41) is 2.50. The molecule has 2 amide bonds. The number of imidazole rings is 1. The standard InChI is InChI=1S/C21H22N4O4S/c1-30(28,29)21-23-19(17-10-4-5-13-25(17)21)20(27)22-12-11-18(26)24-14-6-8-15-7-2-3-9-16(15)24/h2-5,7,9-10,13H,6,8,11-12,14H2,1H3,(H,22,27). The van der Waals surface area contributed by atoms with Crippen molar-refractivity contribution in [2.45, 2.75) is 24.4 Å². The van der Waals surface area contributed by atoms with Crippen molar-refractivity contribution in [1.29, 1.82) is 0 Å². The first-order valence-corrected chi connectivity index (χ1v) is 11.6. The molecule has 9 heteroatoms. The van der Waals surface area contributed by atoms with E-state index in [2.05, 4.69) is 10.3 Å². The van der Waals surface area contributed by atoms with Crippen molar-refractivity contribution < 1.29 is 18.0 Å². The quantitative estimate of drug-likeness (QED) is 0.671. The Labute approximate surface area is 174 Å². The number of sulfone groups is 1. The molecular weight excluding hydrogens is 404 g/mol. The molecule has 0 atom stereocenters. The van der Waals surface area contributed by atoms with Crippen LogP contribution in [0.25, 0.3) is 5.52 Å². The lowest BCUT2D eigenvalue weighted by atomic mass is 10.0. The number of aromatic nitrogens is 2. The number of benzene rings is 1. The second-order valence-corrected chi connectivity index (χ2v) is 9.16. The van der Waals surface area contributed by atoms with Crippen LogP contribution in [0.15, 0.2) is 53.8 Å². The highest BCUT2D eigenvalue weighted by Crippen LogP contribution is 2.27. The zero-order valence-corrected chi connectivity index (χ0v) is 17.4. The number of para-hydroxylation sites is 1. The lowest BCUT2D eigenvalue weighted by molar-refractivity contribution is -0.118. The predicted octanol–water partition coefficient (Wildman–Crippen LogP) is 1.84. The van der Waals surface area contributed by atoms with Gasteiger partial charge in [-0.3, -0.25) is 14.0 Å². The zero-order valence-electron chi connectivity index (χ0n) is 16.5. The van der Waals surface area contributed by atoms with Gasteiger partial charge in [0.15, 0.2) is 5.69 Å². The lowest BCUT2D eigenvalue weighted by Gasteiger charge is -2.29. The number of pyridine rings is 1. The molecule has 0 spiro atoms. The van der Waals surface area contributed by atoms with E-state index in [1.165, 1.54) is 4.40 Å². The Morgan fingerprint density at radius 3 is 2.70 bits per heavy atom. The fourth-order valence-corrected chi connectivity index (χ4v) is 4.51. The molecule has 2 aromatic heterocycles. The summed E-state index contributed by atoms with van der Waals surface area (Å²) in [4.78, 5) is 31.2. The van der Waals surface area contributed by atoms with Crippen molar-refractivity contribution in [1.82, 2.24) is 14.7 Å². The number of nitrogens with one attached hydrogen (secondary N) is 1. The largest absolute Gasteiger partial charge is 0.350 e. The minimum absolute atomic E-state index is 0.0202. The van der Waals surface area contributed by atoms with E-state index in [1.54, 1.807) is 29.3 Å². The molecule has 3 aromatic rings. The SMILES string of the molecule is CS(=O)(=O)c1nc(C(=O)NCCC(=O)N2CCCc3ccccc32)c2ccccn12. The van der Waals surface area contributed by atoms with Gasteiger partial charge in [0.2, 0.25) is 20.9 Å². The highest BCUT2D eigenvalue weighted by molar-refractivity contribution is 7.90. The molecule has 0 radical (unpaired) electrons. The van der Waals surface area contributed by atoms with Crippen molar-refractivity contribution in [3.63, 3.8) is 0 Å². The Kier molecular flexibility index (Phi) is 5.29. The number of rotatable bonds is 5. The number of hydrogen-bond donors (Lipinski definition) is 1. The highest BCUT2D eigenvalue weighted by atomic mass is 32.2. The number of anilines is 1. The molecule has 30 heavy (non-hydrogen) atoms. The summed E-state index contributed by atoms with van der Waals surface area (Å²) in [6, 6.07) is 12.8. The predicted molar refractivity (Wildman–Crippen MR) is 112 cm³/mol. The molecule has 1 aromatic carbocycles. The van der Waals surface area contributed by atoms with E-state index in [0.29, 0.717) is 12.1 Å². The van der Waals surface area contributed by atoms with Gasteiger partial charge in [0.05, 0.1) is 5.52 Å². The van der Waals surface area contributed by atoms with Gasteiger partial charge >= 0.3 is 0 Å². The van der Waals surface area contributed by atoms with Crippen LogP contribution in [-0.4, -0.2) is 49.0 Å². The van der Waals surface area contributed by atoms with E-state index in [1.807, 2.05) is 24.3 Å². The van der Waals surface area contributed by atoms with Crippen LogP contribution in [-0.2, 0) is 21.1 Å². The fraction of sp³-hybridized carbons (Fsp3) is 0.286. The summed E-state index contributed by atoms with van der Waals surface area (Å²) in [5.41, 5.74) is 2.50. The minimum atomic E-state index is -3.61. The van der Waals surface area contributed by atoms with E-state index in [9.17, 15) is 18.0 Å². The average molecular weight is 426 g/mol. The Hall–Kier alpha value is -3.20. The summed E-state index contributed by atoms with van der Waals surface area (Å²) in [6.45, 7) is 0.795. The molecule has 0 unspecified atom stereocenters. The maximum atomic E-state index is 12.7. The molecule has 8 nitrogen and oxygen atoms in total. The monoisotopic (exact) mass is 426 g/mol. The number of hydrogen-bond acceptors (Lipinski definition) is 5. The van der Waals surface area contributed by atoms with Crippen LogP contribution >= 0.6 is 0 Å². The van der Waals surface area contributed by atoms with E-state index in [0.717, 1.165) is 30.3 Å². The third kappa shape index (κ3) is 3.80. The first kappa shape index (κ1) is 20.1. The topological polar surface area (TPSA) is 101 Å². The Morgan fingerprint density at radius 1 is 1.13 bits per heavy atom. The van der Waals surface area contributed by atoms with E-state index < -0.39 is 15.7 Å². The van der Waals surface area contributed by atoms with Gasteiger partial charge < -0.3 is 10.2 Å². The van der Waals surface area contributed by atoms with Crippen LogP contribution in [0, 0.1) is 0 Å². The Bertz CT molecular complexity index is 1230. The zero-order chi connectivity index (χ0) is 21.3. The molecule has 0 bridgehead atoms. The molecule has 0 aliphatic carbocycles. The van der Waals surface area contributed by atoms with Gasteiger partial charge in [0.1, 0.15) is 0 Å². The molecule has 156 valence electrons. The molecule has 1 aliphatic heterocycles. The number of nitrogens with zero attached hydrogens (tertiary/aromatic N) is 3. The molecule has 0 saturated carbocycles. The van der Waals surface area contributed by atoms with Crippen molar-refractivity contribution in [3.05, 3.63) is 59.9 Å². The fourth-order valence-electron chi connectivity index (χ4n) is 3.73. The minimum Gasteiger partial charge on any atom is -0.350 e. The number of fused-ring (bicyclic) bond motifs is 2. The highest BCUT2D eigenvalue weighted by Gasteiger charge is 2.24. The second kappa shape index (κ2) is 7.91. The van der Waals surface area contributed by atoms with Crippen LogP contribution in [0.4, 0.5) is 5.69 Å². The number of carbonyl (C=O) groups is 2. The normalized spacial score (nSPS) is 13.8. The van der Waals surface area contributed by atoms with Gasteiger partial charge in [-0.05, 0) is 36.6 Å². The third-order valence-corrected chi connectivity index (χ3v) is 6.05. The van der Waals surface area contributed by atoms with Crippen molar-refractivity contribution in [2.75, 3.05) is 24.2 Å². The summed E-state index contributed by atoms with van der Waals surface area (Å²) in [6.07, 6.45) is 4.60. The molecular formula is C21H22N4O4S. The van der Waals surface area contributed by atoms with Gasteiger partial charge in [0.25, 0.3) is 5.91 Å². The van der Waals surface area contributed by atoms with Gasteiger partial charge in [-0.15, -0.1) is 0 Å². The van der Waals surface area contributed by atoms with Crippen LogP contribution < -0.4 is 10.2 Å². The molecule has 0 saturated heterocycles. The smallest absolute Gasteiger partial charge is 0.272 e. The summed E-state index contributed by atoms with van der Waals surface area (Å²) >= 11 is 0. The Balaban J connectivity index is 1.46. The molecule has 4 rings (SSSR count). The van der Waals surface area contributed by atoms with Crippen LogP contribution in [0.3, 0.4) is 0 Å². The Morgan fingerprint density at radius 2 is 1.90 bits per heavy atom. The molecule has 1 N–H and O–H groups in total. The average Bonchev–Trinajstić information content (AvgIpc) is 3.13. The lowest BCUT2D eigenvalue weighted by Crippen LogP contribution is -2.37. The van der Waals surface area contributed by atoms with E-state index in [-0.39, 0.29) is 29.7 Å². The molecule has 3 heterocycles. The van der Waals surface area contributed by atoms with Crippen molar-refractivity contribution in [3.8, 4) is 0 Å². The summed E-state index contributed by atoms with van der Waals surface area (Å²) < 4.78 is 25.4. The first-order chi connectivity index (χ1) is 14.4. The maximum absolute atomic E-state index is 12.7. The van der Waals surface area contributed by atoms with Crippen LogP contribution in [0.2, 0.25) is 0 Å². The maximum Gasteiger partial charge on any atom is 0.272 e. The molecule has 1 aliphatic rings. The van der Waals surface area contributed by atoms with E-state index >= 15 is 0 Å². The van der Waals surface area contributed by atoms with E-state index in [4.69, 9.17) is 0 Å². The van der Waals surface area contributed by atoms with Crippen LogP contribution in [0.5, 0.6) is 0 Å². The number of carbonyl (C=O) groups excluding carboxylic acids is 2. The van der Waals surface area contributed by atoms with Crippen molar-refractivity contribution >= 4 is 32.9 Å². The van der Waals surface area contributed by atoms with Crippen molar-refractivity contribution in [2.24, 2.45) is 0 Å². The summed E-state index contributed by atoms with van der Waals surface area (Å²) in [7, 11) is -3.61.